The molecule has 0 radical (unpaired) electrons. The second-order valence-electron chi connectivity index (χ2n) is 5.66. The van der Waals surface area contributed by atoms with Crippen LogP contribution in [0.1, 0.15) is 71.6 Å². The van der Waals surface area contributed by atoms with E-state index in [1.807, 2.05) is 0 Å². The molecule has 1 aliphatic rings. The van der Waals surface area contributed by atoms with Crippen LogP contribution in [0.4, 0.5) is 0 Å². The SMILES string of the molecule is CCCCCCCCCCCN1C=CN(C)C1C. The highest BCUT2D eigenvalue weighted by atomic mass is 15.4. The molecule has 0 aromatic rings. The summed E-state index contributed by atoms with van der Waals surface area (Å²) in [7, 11) is 2.15. The van der Waals surface area contributed by atoms with Crippen molar-refractivity contribution in [3.05, 3.63) is 12.4 Å². The van der Waals surface area contributed by atoms with Crippen LogP contribution in [0.25, 0.3) is 0 Å². The van der Waals surface area contributed by atoms with Crippen molar-refractivity contribution in [1.82, 2.24) is 9.80 Å². The van der Waals surface area contributed by atoms with Crippen LogP contribution in [0.3, 0.4) is 0 Å². The van der Waals surface area contributed by atoms with Crippen molar-refractivity contribution in [2.45, 2.75) is 77.8 Å². The van der Waals surface area contributed by atoms with Gasteiger partial charge in [0.25, 0.3) is 0 Å². The summed E-state index contributed by atoms with van der Waals surface area (Å²) >= 11 is 0. The van der Waals surface area contributed by atoms with Crippen molar-refractivity contribution in [2.75, 3.05) is 13.6 Å². The molecule has 1 heterocycles. The van der Waals surface area contributed by atoms with Gasteiger partial charge in [0, 0.05) is 26.0 Å². The van der Waals surface area contributed by atoms with Crippen molar-refractivity contribution in [3.8, 4) is 0 Å². The highest BCUT2D eigenvalue weighted by Crippen LogP contribution is 2.15. The Balaban J connectivity index is 1.86. The van der Waals surface area contributed by atoms with Crippen molar-refractivity contribution in [2.24, 2.45) is 0 Å². The highest BCUT2D eigenvalue weighted by molar-refractivity contribution is 4.93. The summed E-state index contributed by atoms with van der Waals surface area (Å²) in [5.41, 5.74) is 0. The second-order valence-corrected chi connectivity index (χ2v) is 5.66. The van der Waals surface area contributed by atoms with Crippen LogP contribution in [-0.2, 0) is 0 Å². The van der Waals surface area contributed by atoms with Crippen LogP contribution in [0.15, 0.2) is 12.4 Å². The van der Waals surface area contributed by atoms with E-state index in [9.17, 15) is 0 Å². The minimum atomic E-state index is 0.555. The Morgan fingerprint density at radius 2 is 1.39 bits per heavy atom. The average Bonchev–Trinajstić information content (AvgIpc) is 2.68. The molecule has 0 aliphatic carbocycles. The zero-order valence-corrected chi connectivity index (χ0v) is 12.7. The Bertz CT molecular complexity index is 225. The van der Waals surface area contributed by atoms with Gasteiger partial charge in [-0.1, -0.05) is 58.3 Å². The third-order valence-corrected chi connectivity index (χ3v) is 4.08. The van der Waals surface area contributed by atoms with Crippen LogP contribution in [0, 0.1) is 0 Å². The van der Waals surface area contributed by atoms with Gasteiger partial charge >= 0.3 is 0 Å². The normalized spacial score (nSPS) is 18.9. The molecule has 0 aromatic heterocycles. The molecule has 0 fully saturated rings. The van der Waals surface area contributed by atoms with Gasteiger partial charge in [0.15, 0.2) is 0 Å². The summed E-state index contributed by atoms with van der Waals surface area (Å²) < 4.78 is 0. The Morgan fingerprint density at radius 1 is 0.833 bits per heavy atom. The lowest BCUT2D eigenvalue weighted by molar-refractivity contribution is 0.192. The summed E-state index contributed by atoms with van der Waals surface area (Å²) in [6.07, 6.45) is 17.7. The summed E-state index contributed by atoms with van der Waals surface area (Å²) in [4.78, 5) is 4.72. The predicted molar refractivity (Wildman–Crippen MR) is 80.3 cm³/mol. The monoisotopic (exact) mass is 252 g/mol. The van der Waals surface area contributed by atoms with Crippen LogP contribution in [0.5, 0.6) is 0 Å². The lowest BCUT2D eigenvalue weighted by Gasteiger charge is -2.26. The molecular weight excluding hydrogens is 220 g/mol. The van der Waals surface area contributed by atoms with E-state index >= 15 is 0 Å². The van der Waals surface area contributed by atoms with E-state index in [2.05, 4.69) is 43.1 Å². The molecule has 0 N–H and O–H groups in total. The summed E-state index contributed by atoms with van der Waals surface area (Å²) in [6.45, 7) is 5.77. The van der Waals surface area contributed by atoms with Crippen LogP contribution < -0.4 is 0 Å². The lowest BCUT2D eigenvalue weighted by atomic mass is 10.1. The average molecular weight is 252 g/mol. The van der Waals surface area contributed by atoms with Crippen molar-refractivity contribution in [3.63, 3.8) is 0 Å². The molecule has 0 saturated carbocycles. The standard InChI is InChI=1S/C16H32N2/c1-4-5-6-7-8-9-10-11-12-13-18-15-14-17(3)16(18)2/h14-16H,4-13H2,1-3H3. The van der Waals surface area contributed by atoms with E-state index in [4.69, 9.17) is 0 Å². The zero-order valence-electron chi connectivity index (χ0n) is 12.7. The van der Waals surface area contributed by atoms with Crippen molar-refractivity contribution >= 4 is 0 Å². The summed E-state index contributed by atoms with van der Waals surface area (Å²) in [5, 5.41) is 0. The minimum Gasteiger partial charge on any atom is -0.359 e. The number of nitrogens with zero attached hydrogens (tertiary/aromatic N) is 2. The Morgan fingerprint density at radius 3 is 1.89 bits per heavy atom. The van der Waals surface area contributed by atoms with E-state index < -0.39 is 0 Å². The Labute approximate surface area is 114 Å². The quantitative estimate of drug-likeness (QED) is 0.525. The molecule has 2 heteroatoms. The van der Waals surface area contributed by atoms with Gasteiger partial charge in [-0.15, -0.1) is 0 Å². The fraction of sp³-hybridized carbons (Fsp3) is 0.875. The van der Waals surface area contributed by atoms with Gasteiger partial charge in [-0.25, -0.2) is 0 Å². The molecule has 1 unspecified atom stereocenters. The van der Waals surface area contributed by atoms with Crippen LogP contribution in [-0.4, -0.2) is 29.6 Å². The molecule has 0 saturated heterocycles. The molecule has 106 valence electrons. The third kappa shape index (κ3) is 5.79. The number of unbranched alkanes of at least 4 members (excludes halogenated alkanes) is 8. The molecule has 0 aromatic carbocycles. The van der Waals surface area contributed by atoms with E-state index in [-0.39, 0.29) is 0 Å². The largest absolute Gasteiger partial charge is 0.359 e. The van der Waals surface area contributed by atoms with Gasteiger partial charge < -0.3 is 9.80 Å². The van der Waals surface area contributed by atoms with Crippen molar-refractivity contribution < 1.29 is 0 Å². The molecule has 18 heavy (non-hydrogen) atoms. The van der Waals surface area contributed by atoms with Gasteiger partial charge in [-0.05, 0) is 13.3 Å². The molecular formula is C16H32N2. The van der Waals surface area contributed by atoms with E-state index in [0.717, 1.165) is 0 Å². The number of hydrogen-bond donors (Lipinski definition) is 0. The first-order chi connectivity index (χ1) is 8.75. The fourth-order valence-corrected chi connectivity index (χ4v) is 2.54. The molecule has 2 nitrogen and oxygen atoms in total. The van der Waals surface area contributed by atoms with E-state index in [1.165, 1.54) is 64.3 Å². The van der Waals surface area contributed by atoms with Gasteiger partial charge in [0.2, 0.25) is 0 Å². The Kier molecular flexibility index (Phi) is 7.95. The number of rotatable bonds is 10. The number of hydrogen-bond acceptors (Lipinski definition) is 2. The maximum absolute atomic E-state index is 2.45. The van der Waals surface area contributed by atoms with Crippen molar-refractivity contribution in [1.29, 1.82) is 0 Å². The summed E-state index contributed by atoms with van der Waals surface area (Å²) in [6, 6.07) is 0. The van der Waals surface area contributed by atoms with Crippen LogP contribution in [0.2, 0.25) is 0 Å². The maximum atomic E-state index is 2.45. The minimum absolute atomic E-state index is 0.555. The first-order valence-corrected chi connectivity index (χ1v) is 7.91. The first-order valence-electron chi connectivity index (χ1n) is 7.91. The van der Waals surface area contributed by atoms with Crippen LogP contribution >= 0.6 is 0 Å². The maximum Gasteiger partial charge on any atom is 0.0974 e. The molecule has 0 spiro atoms. The second kappa shape index (κ2) is 9.29. The van der Waals surface area contributed by atoms with Gasteiger partial charge in [-0.2, -0.15) is 0 Å². The van der Waals surface area contributed by atoms with E-state index in [1.54, 1.807) is 0 Å². The fourth-order valence-electron chi connectivity index (χ4n) is 2.54. The lowest BCUT2D eigenvalue weighted by Crippen LogP contribution is -2.34. The molecule has 1 rings (SSSR count). The molecule has 1 atom stereocenters. The third-order valence-electron chi connectivity index (χ3n) is 4.08. The topological polar surface area (TPSA) is 6.48 Å². The smallest absolute Gasteiger partial charge is 0.0974 e. The Hall–Kier alpha value is -0.660. The van der Waals surface area contributed by atoms with Gasteiger partial charge in [-0.3, -0.25) is 0 Å². The van der Waals surface area contributed by atoms with Gasteiger partial charge in [0.05, 0.1) is 6.17 Å². The highest BCUT2D eigenvalue weighted by Gasteiger charge is 2.17. The predicted octanol–water partition coefficient (Wildman–Crippen LogP) is 4.58. The van der Waals surface area contributed by atoms with E-state index in [0.29, 0.717) is 6.17 Å². The first kappa shape index (κ1) is 15.4. The zero-order chi connectivity index (χ0) is 13.2. The summed E-state index contributed by atoms with van der Waals surface area (Å²) in [5.74, 6) is 0. The molecule has 1 aliphatic heterocycles. The molecule has 0 amide bonds. The van der Waals surface area contributed by atoms with Gasteiger partial charge in [0.1, 0.15) is 0 Å². The molecule has 0 bridgehead atoms.